The number of nitrogens with zero attached hydrogens (tertiary/aromatic N) is 2. The van der Waals surface area contributed by atoms with Gasteiger partial charge in [-0.2, -0.15) is 4.31 Å². The summed E-state index contributed by atoms with van der Waals surface area (Å²) in [5.74, 6) is 0.118. The van der Waals surface area contributed by atoms with Crippen LogP contribution in [0, 0.1) is 0 Å². The van der Waals surface area contributed by atoms with Crippen LogP contribution in [0.3, 0.4) is 0 Å². The number of hydrogen-bond donors (Lipinski definition) is 2. The summed E-state index contributed by atoms with van der Waals surface area (Å²) in [6, 6.07) is 21.5. The van der Waals surface area contributed by atoms with E-state index in [0.29, 0.717) is 24.7 Å². The summed E-state index contributed by atoms with van der Waals surface area (Å²) in [6.07, 6.45) is 0.244. The zero-order valence-electron chi connectivity index (χ0n) is 24.1. The fraction of sp³-hybridized carbons (Fsp3) is 0.355. The molecule has 1 aliphatic heterocycles. The Bertz CT molecular complexity index is 1430. The zero-order chi connectivity index (χ0) is 30.7. The average molecular weight is 612 g/mol. The van der Waals surface area contributed by atoms with E-state index in [1.165, 1.54) is 33.5 Å². The summed E-state index contributed by atoms with van der Waals surface area (Å²) < 4.78 is 43.5. The van der Waals surface area contributed by atoms with Crippen LogP contribution in [0.5, 0.6) is 11.5 Å². The molecule has 11 nitrogen and oxygen atoms in total. The Hall–Kier alpha value is -3.97. The molecule has 0 spiro atoms. The highest BCUT2D eigenvalue weighted by molar-refractivity contribution is 7.89. The Labute approximate surface area is 252 Å². The van der Waals surface area contributed by atoms with Crippen LogP contribution in [-0.2, 0) is 37.3 Å². The number of carbonyl (C=O) groups is 2. The van der Waals surface area contributed by atoms with Crippen LogP contribution in [-0.4, -0.2) is 93.8 Å². The van der Waals surface area contributed by atoms with E-state index in [1.807, 2.05) is 42.5 Å². The minimum absolute atomic E-state index is 0.0465. The molecule has 2 amide bonds. The number of ether oxygens (including phenoxy) is 3. The molecule has 0 radical (unpaired) electrons. The van der Waals surface area contributed by atoms with Crippen LogP contribution in [0.2, 0.25) is 0 Å². The Morgan fingerprint density at radius 2 is 1.60 bits per heavy atom. The molecule has 43 heavy (non-hydrogen) atoms. The topological polar surface area (TPSA) is 135 Å². The molecule has 230 valence electrons. The molecule has 0 bridgehead atoms. The summed E-state index contributed by atoms with van der Waals surface area (Å²) in [5.41, 5.74) is 1.64. The summed E-state index contributed by atoms with van der Waals surface area (Å²) >= 11 is 0. The number of benzene rings is 3. The molecule has 1 fully saturated rings. The third-order valence-electron chi connectivity index (χ3n) is 6.99. The third kappa shape index (κ3) is 8.77. The highest BCUT2D eigenvalue weighted by Crippen LogP contribution is 2.22. The Morgan fingerprint density at radius 1 is 0.953 bits per heavy atom. The van der Waals surface area contributed by atoms with Crippen LogP contribution in [0.25, 0.3) is 0 Å². The van der Waals surface area contributed by atoms with Crippen molar-refractivity contribution in [1.82, 2.24) is 14.5 Å². The molecule has 3 aromatic rings. The Morgan fingerprint density at radius 3 is 2.23 bits per heavy atom. The van der Waals surface area contributed by atoms with E-state index in [1.54, 1.807) is 19.2 Å². The van der Waals surface area contributed by atoms with E-state index in [-0.39, 0.29) is 50.7 Å². The van der Waals surface area contributed by atoms with Crippen LogP contribution >= 0.6 is 0 Å². The van der Waals surface area contributed by atoms with Crippen molar-refractivity contribution in [2.75, 3.05) is 53.2 Å². The van der Waals surface area contributed by atoms with E-state index >= 15 is 0 Å². The van der Waals surface area contributed by atoms with Crippen molar-refractivity contribution >= 4 is 21.8 Å². The van der Waals surface area contributed by atoms with Crippen LogP contribution < -0.4 is 14.8 Å². The smallest absolute Gasteiger partial charge is 0.261 e. The molecule has 1 atom stereocenters. The second-order valence-electron chi connectivity index (χ2n) is 9.87. The van der Waals surface area contributed by atoms with Crippen molar-refractivity contribution in [2.24, 2.45) is 0 Å². The molecule has 1 saturated heterocycles. The van der Waals surface area contributed by atoms with Crippen molar-refractivity contribution in [2.45, 2.75) is 23.9 Å². The molecule has 1 heterocycles. The van der Waals surface area contributed by atoms with Gasteiger partial charge in [-0.3, -0.25) is 9.59 Å². The summed E-state index contributed by atoms with van der Waals surface area (Å²) in [5, 5.41) is 12.0. The van der Waals surface area contributed by atoms with Crippen molar-refractivity contribution in [1.29, 1.82) is 0 Å². The van der Waals surface area contributed by atoms with Crippen molar-refractivity contribution < 1.29 is 37.3 Å². The number of nitrogens with one attached hydrogen (secondary N) is 1. The van der Waals surface area contributed by atoms with Crippen LogP contribution in [0.4, 0.5) is 0 Å². The van der Waals surface area contributed by atoms with Gasteiger partial charge in [0.25, 0.3) is 5.91 Å². The van der Waals surface area contributed by atoms with E-state index in [4.69, 9.17) is 14.2 Å². The van der Waals surface area contributed by atoms with Crippen molar-refractivity contribution in [3.63, 3.8) is 0 Å². The fourth-order valence-electron chi connectivity index (χ4n) is 4.65. The van der Waals surface area contributed by atoms with Gasteiger partial charge >= 0.3 is 0 Å². The maximum atomic E-state index is 13.7. The van der Waals surface area contributed by atoms with E-state index in [0.717, 1.165) is 11.1 Å². The maximum Gasteiger partial charge on any atom is 0.261 e. The Balaban J connectivity index is 1.54. The van der Waals surface area contributed by atoms with Crippen molar-refractivity contribution in [3.05, 3.63) is 90.0 Å². The first-order valence-corrected chi connectivity index (χ1v) is 15.4. The number of methoxy groups -OCH3 is 1. The van der Waals surface area contributed by atoms with Crippen molar-refractivity contribution in [3.8, 4) is 11.5 Å². The normalized spacial score (nSPS) is 14.5. The molecule has 1 aliphatic rings. The van der Waals surface area contributed by atoms with Gasteiger partial charge in [-0.1, -0.05) is 42.5 Å². The highest BCUT2D eigenvalue weighted by atomic mass is 32.2. The van der Waals surface area contributed by atoms with Gasteiger partial charge in [0.05, 0.1) is 31.8 Å². The van der Waals surface area contributed by atoms with Gasteiger partial charge in [0.1, 0.15) is 17.5 Å². The first kappa shape index (κ1) is 32.0. The number of sulfonamides is 1. The molecule has 4 rings (SSSR count). The van der Waals surface area contributed by atoms with E-state index < -0.39 is 27.9 Å². The molecule has 12 heteroatoms. The Kier molecular flexibility index (Phi) is 11.5. The molecule has 0 saturated carbocycles. The molecule has 2 N–H and O–H groups in total. The second kappa shape index (κ2) is 15.5. The predicted octanol–water partition coefficient (Wildman–Crippen LogP) is 1.84. The zero-order valence-corrected chi connectivity index (χ0v) is 24.9. The summed E-state index contributed by atoms with van der Waals surface area (Å²) in [6.45, 7) is 0.806. The number of amides is 2. The lowest BCUT2D eigenvalue weighted by Gasteiger charge is -2.31. The predicted molar refractivity (Wildman–Crippen MR) is 159 cm³/mol. The van der Waals surface area contributed by atoms with Gasteiger partial charge in [0.2, 0.25) is 15.9 Å². The van der Waals surface area contributed by atoms with Gasteiger partial charge in [0, 0.05) is 32.6 Å². The average Bonchev–Trinajstić information content (AvgIpc) is 3.05. The molecule has 0 aliphatic carbocycles. The molecular weight excluding hydrogens is 574 g/mol. The lowest BCUT2D eigenvalue weighted by atomic mass is 10.0. The van der Waals surface area contributed by atoms with Gasteiger partial charge in [-0.15, -0.1) is 0 Å². The molecule has 3 aromatic carbocycles. The van der Waals surface area contributed by atoms with E-state index in [9.17, 15) is 23.1 Å². The number of carbonyl (C=O) groups excluding carboxylic acids is 2. The van der Waals surface area contributed by atoms with E-state index in [2.05, 4.69) is 5.32 Å². The quantitative estimate of drug-likeness (QED) is 0.282. The largest absolute Gasteiger partial charge is 0.497 e. The first-order chi connectivity index (χ1) is 20.8. The number of aliphatic hydroxyl groups is 1. The SMILES string of the molecule is COc1ccc(CN(C(=O)COc2ccc(S(=O)(=O)N3CCOCC3)cc2)[C@H](Cc2ccccc2)C(=O)NCCO)cc1. The summed E-state index contributed by atoms with van der Waals surface area (Å²) in [4.78, 5) is 28.6. The number of aliphatic hydroxyl groups excluding tert-OH is 1. The minimum Gasteiger partial charge on any atom is -0.497 e. The van der Waals surface area contributed by atoms with Crippen LogP contribution in [0.1, 0.15) is 11.1 Å². The number of morpholine rings is 1. The van der Waals surface area contributed by atoms with Crippen LogP contribution in [0.15, 0.2) is 83.8 Å². The monoisotopic (exact) mass is 611 g/mol. The molecular formula is C31H37N3O8S. The summed E-state index contributed by atoms with van der Waals surface area (Å²) in [7, 11) is -2.11. The fourth-order valence-corrected chi connectivity index (χ4v) is 6.06. The maximum absolute atomic E-state index is 13.7. The molecule has 0 aromatic heterocycles. The first-order valence-electron chi connectivity index (χ1n) is 14.0. The highest BCUT2D eigenvalue weighted by Gasteiger charge is 2.31. The van der Waals surface area contributed by atoms with Gasteiger partial charge < -0.3 is 29.5 Å². The lowest BCUT2D eigenvalue weighted by Crippen LogP contribution is -2.52. The second-order valence-corrected chi connectivity index (χ2v) is 11.8. The third-order valence-corrected chi connectivity index (χ3v) is 8.90. The van der Waals surface area contributed by atoms with Gasteiger partial charge in [0.15, 0.2) is 6.61 Å². The molecule has 0 unspecified atom stereocenters. The standard InChI is InChI=1S/C31H37N3O8S/c1-40-26-9-7-25(8-10-26)22-34(29(31(37)32-15-18-35)21-24-5-3-2-4-6-24)30(36)23-42-27-11-13-28(14-12-27)43(38,39)33-16-19-41-20-17-33/h2-14,29,35H,15-23H2,1H3,(H,32,37)/t29-/m1/s1. The number of rotatable bonds is 14. The lowest BCUT2D eigenvalue weighted by molar-refractivity contribution is -0.142. The van der Waals surface area contributed by atoms with Gasteiger partial charge in [-0.25, -0.2) is 8.42 Å². The minimum atomic E-state index is -3.67. The van der Waals surface area contributed by atoms with Gasteiger partial charge in [-0.05, 0) is 47.5 Å². The number of hydrogen-bond acceptors (Lipinski definition) is 8.